The Morgan fingerprint density at radius 3 is 2.48 bits per heavy atom. The molecule has 0 bridgehead atoms. The van der Waals surface area contributed by atoms with E-state index in [2.05, 4.69) is 5.32 Å². The molecule has 2 amide bonds. The van der Waals surface area contributed by atoms with Crippen LogP contribution in [0.2, 0.25) is 0 Å². The molecule has 2 atom stereocenters. The Bertz CT molecular complexity index is 620. The first-order valence-electron chi connectivity index (χ1n) is 9.20. The lowest BCUT2D eigenvalue weighted by atomic mass is 9.74. The predicted octanol–water partition coefficient (Wildman–Crippen LogP) is 3.00. The molecule has 0 aliphatic heterocycles. The maximum absolute atomic E-state index is 12.9. The minimum absolute atomic E-state index is 0.00357. The molecule has 3 N–H and O–H groups in total. The van der Waals surface area contributed by atoms with Gasteiger partial charge >= 0.3 is 0 Å². The number of rotatable bonds is 5. The molecular weight excluding hydrogens is 314 g/mol. The molecule has 1 aliphatic carbocycles. The van der Waals surface area contributed by atoms with Crippen LogP contribution in [0.5, 0.6) is 0 Å². The number of hydrogen-bond donors (Lipinski definition) is 2. The maximum atomic E-state index is 12.9. The Labute approximate surface area is 151 Å². The van der Waals surface area contributed by atoms with Crippen LogP contribution in [0, 0.1) is 19.8 Å². The number of likely N-dealkylation sites (N-methyl/N-ethyl adjacent to an activating group) is 1. The molecule has 25 heavy (non-hydrogen) atoms. The summed E-state index contributed by atoms with van der Waals surface area (Å²) in [5.74, 6) is -0.361. The number of carbonyl (C=O) groups is 2. The second kappa shape index (κ2) is 8.00. The lowest BCUT2D eigenvalue weighted by molar-refractivity contribution is -0.141. The number of benzene rings is 1. The van der Waals surface area contributed by atoms with Crippen LogP contribution in [-0.4, -0.2) is 35.3 Å². The van der Waals surface area contributed by atoms with Gasteiger partial charge in [-0.25, -0.2) is 0 Å². The van der Waals surface area contributed by atoms with E-state index < -0.39 is 5.54 Å². The summed E-state index contributed by atoms with van der Waals surface area (Å²) in [6.45, 7) is 8.36. The highest BCUT2D eigenvalue weighted by Gasteiger charge is 2.39. The van der Waals surface area contributed by atoms with Gasteiger partial charge in [0, 0.05) is 17.8 Å². The molecule has 1 aromatic carbocycles. The number of hydrogen-bond acceptors (Lipinski definition) is 3. The number of nitrogens with one attached hydrogen (secondary N) is 1. The van der Waals surface area contributed by atoms with Crippen molar-refractivity contribution < 1.29 is 9.59 Å². The Morgan fingerprint density at radius 2 is 1.92 bits per heavy atom. The zero-order valence-electron chi connectivity index (χ0n) is 15.9. The standard InChI is InChI=1S/C20H31N3O2/c1-5-23(19(25)16-11-6-7-12-20(16,4)21)13-17(24)22-18-14(2)9-8-10-15(18)3/h8-10,16H,5-7,11-13,21H2,1-4H3,(H,22,24). The molecule has 1 saturated carbocycles. The van der Waals surface area contributed by atoms with E-state index in [1.165, 1.54) is 0 Å². The average Bonchev–Trinajstić information content (AvgIpc) is 2.55. The summed E-state index contributed by atoms with van der Waals surface area (Å²) in [5, 5.41) is 2.96. The molecule has 1 fully saturated rings. The van der Waals surface area contributed by atoms with Gasteiger partial charge in [-0.1, -0.05) is 31.0 Å². The highest BCUT2D eigenvalue weighted by atomic mass is 16.2. The van der Waals surface area contributed by atoms with Crippen molar-refractivity contribution in [2.45, 2.75) is 58.9 Å². The molecular formula is C20H31N3O2. The molecule has 0 heterocycles. The van der Waals surface area contributed by atoms with Crippen molar-refractivity contribution >= 4 is 17.5 Å². The summed E-state index contributed by atoms with van der Waals surface area (Å²) in [5.41, 5.74) is 8.75. The van der Waals surface area contributed by atoms with Gasteiger partial charge in [-0.15, -0.1) is 0 Å². The Balaban J connectivity index is 2.06. The van der Waals surface area contributed by atoms with Gasteiger partial charge in [-0.05, 0) is 51.7 Å². The molecule has 1 aliphatic rings. The number of anilines is 1. The number of nitrogens with two attached hydrogens (primary N) is 1. The molecule has 0 aromatic heterocycles. The zero-order valence-corrected chi connectivity index (χ0v) is 15.9. The van der Waals surface area contributed by atoms with E-state index >= 15 is 0 Å². The van der Waals surface area contributed by atoms with Gasteiger partial charge < -0.3 is 16.0 Å². The van der Waals surface area contributed by atoms with Gasteiger partial charge in [0.1, 0.15) is 0 Å². The van der Waals surface area contributed by atoms with Gasteiger partial charge in [-0.2, -0.15) is 0 Å². The van der Waals surface area contributed by atoms with Crippen molar-refractivity contribution in [1.82, 2.24) is 4.90 Å². The fourth-order valence-corrected chi connectivity index (χ4v) is 3.69. The third kappa shape index (κ3) is 4.60. The van der Waals surface area contributed by atoms with Crippen LogP contribution in [0.3, 0.4) is 0 Å². The number of nitrogens with zero attached hydrogens (tertiary/aromatic N) is 1. The van der Waals surface area contributed by atoms with Crippen LogP contribution in [0.1, 0.15) is 50.7 Å². The minimum Gasteiger partial charge on any atom is -0.333 e. The first-order valence-corrected chi connectivity index (χ1v) is 9.20. The number of para-hydroxylation sites is 1. The Morgan fingerprint density at radius 1 is 1.28 bits per heavy atom. The molecule has 0 radical (unpaired) electrons. The summed E-state index contributed by atoms with van der Waals surface area (Å²) in [4.78, 5) is 27.1. The lowest BCUT2D eigenvalue weighted by Crippen LogP contribution is -2.54. The molecule has 5 heteroatoms. The van der Waals surface area contributed by atoms with E-state index in [1.807, 2.05) is 45.9 Å². The zero-order chi connectivity index (χ0) is 18.6. The van der Waals surface area contributed by atoms with Gasteiger partial charge in [0.25, 0.3) is 0 Å². The van der Waals surface area contributed by atoms with Crippen molar-refractivity contribution in [3.05, 3.63) is 29.3 Å². The van der Waals surface area contributed by atoms with Crippen molar-refractivity contribution in [3.8, 4) is 0 Å². The van der Waals surface area contributed by atoms with Crippen LogP contribution in [0.15, 0.2) is 18.2 Å². The third-order valence-electron chi connectivity index (χ3n) is 5.33. The summed E-state index contributed by atoms with van der Waals surface area (Å²) in [6, 6.07) is 5.90. The van der Waals surface area contributed by atoms with Crippen LogP contribution in [0.4, 0.5) is 5.69 Å². The molecule has 1 aromatic rings. The van der Waals surface area contributed by atoms with Crippen molar-refractivity contribution in [2.75, 3.05) is 18.4 Å². The van der Waals surface area contributed by atoms with E-state index in [9.17, 15) is 9.59 Å². The second-order valence-electron chi connectivity index (χ2n) is 7.47. The van der Waals surface area contributed by atoms with Gasteiger partial charge in [0.15, 0.2) is 0 Å². The predicted molar refractivity (Wildman–Crippen MR) is 101 cm³/mol. The van der Waals surface area contributed by atoms with Crippen LogP contribution < -0.4 is 11.1 Å². The normalized spacial score (nSPS) is 23.2. The largest absolute Gasteiger partial charge is 0.333 e. The van der Waals surface area contributed by atoms with E-state index in [1.54, 1.807) is 4.90 Å². The topological polar surface area (TPSA) is 75.4 Å². The average molecular weight is 345 g/mol. The molecule has 2 rings (SSSR count). The smallest absolute Gasteiger partial charge is 0.244 e. The molecule has 2 unspecified atom stereocenters. The van der Waals surface area contributed by atoms with Crippen molar-refractivity contribution in [3.63, 3.8) is 0 Å². The number of aryl methyl sites for hydroxylation is 2. The van der Waals surface area contributed by atoms with Crippen molar-refractivity contribution in [2.24, 2.45) is 11.7 Å². The summed E-state index contributed by atoms with van der Waals surface area (Å²) >= 11 is 0. The van der Waals surface area contributed by atoms with E-state index in [0.29, 0.717) is 6.54 Å². The highest BCUT2D eigenvalue weighted by molar-refractivity contribution is 5.96. The highest BCUT2D eigenvalue weighted by Crippen LogP contribution is 2.33. The third-order valence-corrected chi connectivity index (χ3v) is 5.33. The van der Waals surface area contributed by atoms with E-state index in [0.717, 1.165) is 42.5 Å². The molecule has 0 spiro atoms. The molecule has 138 valence electrons. The van der Waals surface area contributed by atoms with Gasteiger partial charge in [0.05, 0.1) is 12.5 Å². The monoisotopic (exact) mass is 345 g/mol. The number of carbonyl (C=O) groups excluding carboxylic acids is 2. The maximum Gasteiger partial charge on any atom is 0.244 e. The van der Waals surface area contributed by atoms with Crippen LogP contribution >= 0.6 is 0 Å². The lowest BCUT2D eigenvalue weighted by Gasteiger charge is -2.39. The first kappa shape index (κ1) is 19.4. The van der Waals surface area contributed by atoms with Crippen LogP contribution in [-0.2, 0) is 9.59 Å². The van der Waals surface area contributed by atoms with Crippen molar-refractivity contribution in [1.29, 1.82) is 0 Å². The summed E-state index contributed by atoms with van der Waals surface area (Å²) < 4.78 is 0. The molecule has 0 saturated heterocycles. The summed E-state index contributed by atoms with van der Waals surface area (Å²) in [7, 11) is 0. The van der Waals surface area contributed by atoms with E-state index in [4.69, 9.17) is 5.73 Å². The van der Waals surface area contributed by atoms with E-state index in [-0.39, 0.29) is 24.3 Å². The Kier molecular flexibility index (Phi) is 6.22. The molecule has 5 nitrogen and oxygen atoms in total. The van der Waals surface area contributed by atoms with Crippen LogP contribution in [0.25, 0.3) is 0 Å². The summed E-state index contributed by atoms with van der Waals surface area (Å²) in [6.07, 6.45) is 3.75. The fraction of sp³-hybridized carbons (Fsp3) is 0.600. The minimum atomic E-state index is -0.480. The second-order valence-corrected chi connectivity index (χ2v) is 7.47. The van der Waals surface area contributed by atoms with Gasteiger partial charge in [-0.3, -0.25) is 9.59 Å². The SMILES string of the molecule is CCN(CC(=O)Nc1c(C)cccc1C)C(=O)C1CCCCC1(C)N. The fourth-order valence-electron chi connectivity index (χ4n) is 3.69. The number of amides is 2. The first-order chi connectivity index (χ1) is 11.8. The Hall–Kier alpha value is -1.88. The quantitative estimate of drug-likeness (QED) is 0.861. The van der Waals surface area contributed by atoms with Gasteiger partial charge in [0.2, 0.25) is 11.8 Å².